The monoisotopic (exact) mass is 543 g/mol. The molecule has 0 unspecified atom stereocenters. The van der Waals surface area contributed by atoms with Gasteiger partial charge in [0.05, 0.1) is 35.7 Å². The molecule has 3 aromatic carbocycles. The fourth-order valence-corrected chi connectivity index (χ4v) is 5.56. The van der Waals surface area contributed by atoms with Gasteiger partial charge in [0.15, 0.2) is 5.65 Å². The van der Waals surface area contributed by atoms with Crippen molar-refractivity contribution >= 4 is 27.8 Å². The van der Waals surface area contributed by atoms with Crippen molar-refractivity contribution in [3.8, 4) is 11.4 Å². The molecule has 0 spiro atoms. The van der Waals surface area contributed by atoms with Gasteiger partial charge >= 0.3 is 0 Å². The molecule has 41 heavy (non-hydrogen) atoms. The van der Waals surface area contributed by atoms with Crippen LogP contribution in [0.15, 0.2) is 90.2 Å². The van der Waals surface area contributed by atoms with Crippen LogP contribution in [0.25, 0.3) is 27.8 Å². The van der Waals surface area contributed by atoms with Crippen molar-refractivity contribution in [2.24, 2.45) is 5.92 Å². The molecule has 2 N–H and O–H groups in total. The van der Waals surface area contributed by atoms with E-state index in [9.17, 15) is 4.79 Å². The molecule has 3 heterocycles. The molecule has 0 aliphatic heterocycles. The molecule has 1 atom stereocenters. The van der Waals surface area contributed by atoms with Gasteiger partial charge in [-0.3, -0.25) is 9.36 Å². The lowest BCUT2D eigenvalue weighted by molar-refractivity contribution is 0.414. The van der Waals surface area contributed by atoms with Crippen molar-refractivity contribution in [3.05, 3.63) is 113 Å². The molecular formula is C32H29N7O2. The van der Waals surface area contributed by atoms with Crippen LogP contribution in [0.3, 0.4) is 0 Å². The molecule has 9 heteroatoms. The van der Waals surface area contributed by atoms with Crippen LogP contribution in [-0.2, 0) is 13.0 Å². The topological polar surface area (TPSA) is 111 Å². The van der Waals surface area contributed by atoms with Gasteiger partial charge in [-0.25, -0.2) is 19.9 Å². The van der Waals surface area contributed by atoms with Gasteiger partial charge < -0.3 is 15.0 Å². The van der Waals surface area contributed by atoms with Crippen molar-refractivity contribution in [2.75, 3.05) is 12.4 Å². The summed E-state index contributed by atoms with van der Waals surface area (Å²) in [6.45, 7) is 0.564. The summed E-state index contributed by atoms with van der Waals surface area (Å²) in [5.74, 6) is 1.99. The molecule has 1 saturated carbocycles. The Morgan fingerprint density at radius 2 is 1.83 bits per heavy atom. The maximum atomic E-state index is 14.5. The molecule has 0 amide bonds. The standard InChI is InChI=1S/C32H29N7O2/c1-41-23-14-10-20(11-15-23)17-33-25-8-5-9-26-28(25)32(40)39(22-6-3-2-4-7-22)31(38-26)24(21-12-13-21)16-27-29-30(36-18-34-27)37-19-35-29/h2-11,14-15,18-19,21,24,33H,12-13,16-17H2,1H3,(H,34,35,36,37)/t24-/m0/s1. The summed E-state index contributed by atoms with van der Waals surface area (Å²) in [6.07, 6.45) is 6.01. The quantitative estimate of drug-likeness (QED) is 0.251. The second kappa shape index (κ2) is 10.5. The number of nitrogens with one attached hydrogen (secondary N) is 2. The number of anilines is 1. The van der Waals surface area contributed by atoms with E-state index in [0.717, 1.165) is 52.6 Å². The molecular weight excluding hydrogens is 514 g/mol. The number of aromatic amines is 1. The first-order chi connectivity index (χ1) is 20.2. The second-order valence-corrected chi connectivity index (χ2v) is 10.4. The first-order valence-electron chi connectivity index (χ1n) is 13.8. The Morgan fingerprint density at radius 3 is 2.61 bits per heavy atom. The van der Waals surface area contributed by atoms with Gasteiger partial charge in [-0.05, 0) is 60.7 Å². The number of ether oxygens (including phenoxy) is 1. The summed E-state index contributed by atoms with van der Waals surface area (Å²) in [4.78, 5) is 36.1. The highest BCUT2D eigenvalue weighted by molar-refractivity contribution is 5.91. The maximum Gasteiger partial charge on any atom is 0.268 e. The largest absolute Gasteiger partial charge is 0.497 e. The van der Waals surface area contributed by atoms with E-state index in [4.69, 9.17) is 9.72 Å². The number of hydrogen-bond acceptors (Lipinski definition) is 7. The average Bonchev–Trinajstić information content (AvgIpc) is 3.74. The predicted molar refractivity (Wildman–Crippen MR) is 159 cm³/mol. The Morgan fingerprint density at radius 1 is 1.00 bits per heavy atom. The van der Waals surface area contributed by atoms with Crippen LogP contribution in [0.5, 0.6) is 5.75 Å². The van der Waals surface area contributed by atoms with Crippen LogP contribution < -0.4 is 15.6 Å². The summed E-state index contributed by atoms with van der Waals surface area (Å²) in [7, 11) is 1.65. The van der Waals surface area contributed by atoms with Gasteiger partial charge in [0.1, 0.15) is 23.4 Å². The highest BCUT2D eigenvalue weighted by Crippen LogP contribution is 2.44. The Bertz CT molecular complexity index is 1890. The van der Waals surface area contributed by atoms with Crippen LogP contribution in [0, 0.1) is 5.92 Å². The highest BCUT2D eigenvalue weighted by atomic mass is 16.5. The summed E-state index contributed by atoms with van der Waals surface area (Å²) >= 11 is 0. The Hall–Kier alpha value is -5.05. The van der Waals surface area contributed by atoms with Gasteiger partial charge in [-0.1, -0.05) is 36.4 Å². The number of methoxy groups -OCH3 is 1. The van der Waals surface area contributed by atoms with Crippen molar-refractivity contribution in [3.63, 3.8) is 0 Å². The molecule has 0 saturated heterocycles. The number of aromatic nitrogens is 6. The van der Waals surface area contributed by atoms with E-state index in [1.54, 1.807) is 24.3 Å². The summed E-state index contributed by atoms with van der Waals surface area (Å²) < 4.78 is 7.08. The lowest BCUT2D eigenvalue weighted by Crippen LogP contribution is -2.28. The van der Waals surface area contributed by atoms with Crippen molar-refractivity contribution in [2.45, 2.75) is 31.7 Å². The van der Waals surface area contributed by atoms with E-state index < -0.39 is 0 Å². The van der Waals surface area contributed by atoms with E-state index in [1.165, 1.54) is 0 Å². The lowest BCUT2D eigenvalue weighted by atomic mass is 9.95. The SMILES string of the molecule is COc1ccc(CNc2cccc3nc([C@@H](Cc4ncnc5nc[nH]c45)C4CC4)n(-c4ccccc4)c(=O)c23)cc1. The normalized spacial score (nSPS) is 13.9. The summed E-state index contributed by atoms with van der Waals surface area (Å²) in [6, 6.07) is 23.5. The van der Waals surface area contributed by atoms with Crippen LogP contribution in [0.1, 0.15) is 35.8 Å². The number of fused-ring (bicyclic) bond motifs is 2. The van der Waals surface area contributed by atoms with Crippen molar-refractivity contribution in [1.29, 1.82) is 0 Å². The molecule has 7 rings (SSSR count). The minimum Gasteiger partial charge on any atom is -0.497 e. The fourth-order valence-electron chi connectivity index (χ4n) is 5.56. The summed E-state index contributed by atoms with van der Waals surface area (Å²) in [5.41, 5.74) is 5.58. The van der Waals surface area contributed by atoms with Crippen LogP contribution in [0.4, 0.5) is 5.69 Å². The van der Waals surface area contributed by atoms with Crippen LogP contribution in [0.2, 0.25) is 0 Å². The van der Waals surface area contributed by atoms with Gasteiger partial charge in [0.25, 0.3) is 5.56 Å². The molecule has 0 bridgehead atoms. The van der Waals surface area contributed by atoms with Gasteiger partial charge in [0.2, 0.25) is 0 Å². The number of imidazole rings is 1. The number of benzene rings is 3. The zero-order chi connectivity index (χ0) is 27.8. The van der Waals surface area contributed by atoms with Crippen molar-refractivity contribution in [1.82, 2.24) is 29.5 Å². The third kappa shape index (κ3) is 4.80. The number of rotatable bonds is 9. The molecule has 9 nitrogen and oxygen atoms in total. The second-order valence-electron chi connectivity index (χ2n) is 10.4. The molecule has 6 aromatic rings. The molecule has 3 aromatic heterocycles. The third-order valence-corrected chi connectivity index (χ3v) is 7.82. The fraction of sp³-hybridized carbons (Fsp3) is 0.219. The molecule has 1 aliphatic rings. The van der Waals surface area contributed by atoms with Gasteiger partial charge in [0, 0.05) is 24.6 Å². The van der Waals surface area contributed by atoms with E-state index in [0.29, 0.717) is 35.4 Å². The number of para-hydroxylation sites is 1. The molecule has 1 fully saturated rings. The van der Waals surface area contributed by atoms with Crippen LogP contribution in [-0.4, -0.2) is 36.6 Å². The minimum atomic E-state index is -0.0888. The predicted octanol–water partition coefficient (Wildman–Crippen LogP) is 5.41. The molecule has 204 valence electrons. The van der Waals surface area contributed by atoms with E-state index in [1.807, 2.05) is 72.8 Å². The maximum absolute atomic E-state index is 14.5. The number of nitrogens with zero attached hydrogens (tertiary/aromatic N) is 5. The Kier molecular flexibility index (Phi) is 6.39. The van der Waals surface area contributed by atoms with Gasteiger partial charge in [-0.15, -0.1) is 0 Å². The van der Waals surface area contributed by atoms with E-state index in [-0.39, 0.29) is 11.5 Å². The minimum absolute atomic E-state index is 0.00428. The number of H-pyrrole nitrogens is 1. The zero-order valence-corrected chi connectivity index (χ0v) is 22.6. The number of hydrogen-bond donors (Lipinski definition) is 2. The van der Waals surface area contributed by atoms with Gasteiger partial charge in [-0.2, -0.15) is 0 Å². The van der Waals surface area contributed by atoms with E-state index in [2.05, 4.69) is 25.3 Å². The Labute approximate surface area is 236 Å². The Balaban J connectivity index is 1.35. The first-order valence-corrected chi connectivity index (χ1v) is 13.8. The highest BCUT2D eigenvalue weighted by Gasteiger charge is 2.37. The smallest absolute Gasteiger partial charge is 0.268 e. The van der Waals surface area contributed by atoms with E-state index >= 15 is 0 Å². The average molecular weight is 544 g/mol. The zero-order valence-electron chi connectivity index (χ0n) is 22.6. The first kappa shape index (κ1) is 25.0. The molecule has 1 aliphatic carbocycles. The summed E-state index contributed by atoms with van der Waals surface area (Å²) in [5, 5.41) is 4.05. The third-order valence-electron chi connectivity index (χ3n) is 7.82. The lowest BCUT2D eigenvalue weighted by Gasteiger charge is -2.22. The van der Waals surface area contributed by atoms with Crippen molar-refractivity contribution < 1.29 is 4.74 Å². The van der Waals surface area contributed by atoms with Crippen LogP contribution >= 0.6 is 0 Å². The molecule has 0 radical (unpaired) electrons.